The Bertz CT molecular complexity index is 2480. The number of piperidine rings is 1. The van der Waals surface area contributed by atoms with Crippen LogP contribution in [0.2, 0.25) is 5.02 Å². The highest BCUT2D eigenvalue weighted by Crippen LogP contribution is 2.34. The summed E-state index contributed by atoms with van der Waals surface area (Å²) in [5.74, 6) is -0.540. The van der Waals surface area contributed by atoms with Gasteiger partial charge in [0.25, 0.3) is 11.5 Å². The molecule has 6 aromatic rings. The lowest BCUT2D eigenvalue weighted by Crippen LogP contribution is -2.39. The van der Waals surface area contributed by atoms with Crippen molar-refractivity contribution in [3.63, 3.8) is 0 Å². The van der Waals surface area contributed by atoms with Gasteiger partial charge in [-0.2, -0.15) is 10.1 Å². The van der Waals surface area contributed by atoms with E-state index in [1.54, 1.807) is 23.9 Å². The van der Waals surface area contributed by atoms with E-state index in [4.69, 9.17) is 16.3 Å². The summed E-state index contributed by atoms with van der Waals surface area (Å²) in [7, 11) is 4.99. The Balaban J connectivity index is 0.985. The van der Waals surface area contributed by atoms with E-state index in [1.807, 2.05) is 61.6 Å². The molecule has 1 aliphatic heterocycles. The van der Waals surface area contributed by atoms with Crippen LogP contribution in [-0.2, 0) is 41.6 Å². The molecule has 0 radical (unpaired) electrons. The second kappa shape index (κ2) is 15.2. The van der Waals surface area contributed by atoms with Gasteiger partial charge in [-0.15, -0.1) is 0 Å². The van der Waals surface area contributed by atoms with E-state index in [-0.39, 0.29) is 35.6 Å². The number of likely N-dealkylation sites (N-methyl/N-ethyl adjacent to an activating group) is 1. The lowest BCUT2D eigenvalue weighted by molar-refractivity contribution is -0.134. The van der Waals surface area contributed by atoms with Gasteiger partial charge in [-0.05, 0) is 47.9 Å². The summed E-state index contributed by atoms with van der Waals surface area (Å²) in [6, 6.07) is 21.1. The van der Waals surface area contributed by atoms with Gasteiger partial charge < -0.3 is 30.6 Å². The zero-order valence-electron chi connectivity index (χ0n) is 29.7. The fourth-order valence-electron chi connectivity index (χ4n) is 6.40. The molecule has 0 bridgehead atoms. The topological polar surface area (TPSA) is 186 Å². The highest BCUT2D eigenvalue weighted by molar-refractivity contribution is 6.33. The van der Waals surface area contributed by atoms with Gasteiger partial charge in [0, 0.05) is 57.1 Å². The number of hydrogen-bond acceptors (Lipinski definition) is 11. The minimum Gasteiger partial charge on any atom is -0.478 e. The van der Waals surface area contributed by atoms with Gasteiger partial charge in [0.1, 0.15) is 5.02 Å². The number of carbonyl (C=O) groups excluding carboxylic acids is 3. The minimum atomic E-state index is -0.467. The van der Waals surface area contributed by atoms with Gasteiger partial charge in [0.05, 0.1) is 34.5 Å². The van der Waals surface area contributed by atoms with Crippen molar-refractivity contribution < 1.29 is 19.1 Å². The highest BCUT2D eigenvalue weighted by Gasteiger charge is 2.32. The summed E-state index contributed by atoms with van der Waals surface area (Å²) >= 11 is 6.46. The molecule has 3 aromatic carbocycles. The molecule has 16 heteroatoms. The third-order valence-corrected chi connectivity index (χ3v) is 9.53. The van der Waals surface area contributed by atoms with Crippen molar-refractivity contribution in [1.82, 2.24) is 34.9 Å². The molecule has 5 N–H and O–H groups in total. The number of hydrogen-bond donors (Lipinski definition) is 5. The van der Waals surface area contributed by atoms with E-state index in [0.29, 0.717) is 65.0 Å². The maximum atomic E-state index is 12.7. The predicted molar refractivity (Wildman–Crippen MR) is 206 cm³/mol. The first-order chi connectivity index (χ1) is 26.1. The number of nitrogens with zero attached hydrogens (tertiary/aromatic N) is 5. The molecule has 3 amide bonds. The number of amides is 3. The number of nitrogens with one attached hydrogen (secondary N) is 5. The molecule has 1 aliphatic rings. The summed E-state index contributed by atoms with van der Waals surface area (Å²) in [5, 5.41) is 21.5. The SMILES string of the molecule is CNC(=O)COc1cc2cc(Nc3nc(NCc4ccc(CNc5cccc6c(C7CCC(=O)NC7=O)nn(C)c56)cc4)ncc3Cl)ccc2n(C)c1=O. The molecule has 3 aromatic heterocycles. The summed E-state index contributed by atoms with van der Waals surface area (Å²) in [6.45, 7) is 0.760. The van der Waals surface area contributed by atoms with E-state index < -0.39 is 5.92 Å². The Morgan fingerprint density at radius 3 is 2.50 bits per heavy atom. The first-order valence-corrected chi connectivity index (χ1v) is 17.6. The monoisotopic (exact) mass is 748 g/mol. The van der Waals surface area contributed by atoms with Gasteiger partial charge in [0.15, 0.2) is 18.2 Å². The first-order valence-electron chi connectivity index (χ1n) is 17.2. The molecule has 0 aliphatic carbocycles. The Morgan fingerprint density at radius 2 is 1.76 bits per heavy atom. The number of pyridine rings is 1. The van der Waals surface area contributed by atoms with Gasteiger partial charge in [-0.1, -0.05) is 48.0 Å². The lowest BCUT2D eigenvalue weighted by atomic mass is 9.92. The van der Waals surface area contributed by atoms with Crippen molar-refractivity contribution in [2.75, 3.05) is 29.6 Å². The van der Waals surface area contributed by atoms with Crippen LogP contribution in [0.1, 0.15) is 35.6 Å². The molecular weight excluding hydrogens is 712 g/mol. The van der Waals surface area contributed by atoms with Crippen LogP contribution in [-0.4, -0.2) is 55.7 Å². The Labute approximate surface area is 314 Å². The molecule has 0 spiro atoms. The molecule has 4 heterocycles. The lowest BCUT2D eigenvalue weighted by Gasteiger charge is -2.19. The van der Waals surface area contributed by atoms with E-state index >= 15 is 0 Å². The second-order valence-electron chi connectivity index (χ2n) is 12.9. The van der Waals surface area contributed by atoms with Crippen molar-refractivity contribution in [2.45, 2.75) is 31.8 Å². The quantitative estimate of drug-likeness (QED) is 0.111. The molecule has 7 rings (SSSR count). The van der Waals surface area contributed by atoms with Gasteiger partial charge in [-0.25, -0.2) is 4.98 Å². The number of anilines is 4. The molecule has 15 nitrogen and oxygen atoms in total. The van der Waals surface area contributed by atoms with E-state index in [0.717, 1.165) is 27.7 Å². The average molecular weight is 749 g/mol. The fraction of sp³-hybridized carbons (Fsp3) is 0.237. The number of benzene rings is 3. The number of imide groups is 1. The van der Waals surface area contributed by atoms with Crippen molar-refractivity contribution in [3.05, 3.63) is 105 Å². The molecule has 0 saturated carbocycles. The van der Waals surface area contributed by atoms with Crippen LogP contribution in [0.4, 0.5) is 23.1 Å². The van der Waals surface area contributed by atoms with Crippen LogP contribution in [0.25, 0.3) is 21.8 Å². The van der Waals surface area contributed by atoms with E-state index in [1.165, 1.54) is 17.8 Å². The Kier molecular flexibility index (Phi) is 10.1. The van der Waals surface area contributed by atoms with Gasteiger partial charge in [-0.3, -0.25) is 29.2 Å². The zero-order valence-corrected chi connectivity index (χ0v) is 30.5. The maximum Gasteiger partial charge on any atom is 0.293 e. The number of carbonyl (C=O) groups is 3. The van der Waals surface area contributed by atoms with E-state index in [2.05, 4.69) is 41.7 Å². The van der Waals surface area contributed by atoms with Crippen LogP contribution in [0.3, 0.4) is 0 Å². The fourth-order valence-corrected chi connectivity index (χ4v) is 6.54. The predicted octanol–water partition coefficient (Wildman–Crippen LogP) is 4.48. The van der Waals surface area contributed by atoms with Gasteiger partial charge in [0.2, 0.25) is 17.8 Å². The standard InChI is InChI=1S/C38H37ClN10O5/c1-40-32(51)20-54-30-16-23-15-24(11-13-29(23)48(2)37(30)53)44-35-27(39)19-43-38(46-35)42-18-22-9-7-21(8-10-22)17-41-28-6-4-5-25-33(47-49(3)34(25)28)26-12-14-31(50)45-36(26)52/h4-11,13,15-16,19,26,41H,12,14,17-18,20H2,1-3H3,(H,40,51)(H,45,50,52)(H2,42,43,44,46). The van der Waals surface area contributed by atoms with Crippen LogP contribution in [0, 0.1) is 0 Å². The summed E-state index contributed by atoms with van der Waals surface area (Å²) in [4.78, 5) is 57.6. The Hall–Kier alpha value is -6.48. The number of aromatic nitrogens is 5. The minimum absolute atomic E-state index is 0.0611. The third-order valence-electron chi connectivity index (χ3n) is 9.25. The van der Waals surface area contributed by atoms with Crippen molar-refractivity contribution in [1.29, 1.82) is 0 Å². The van der Waals surface area contributed by atoms with Crippen LogP contribution in [0.5, 0.6) is 5.75 Å². The molecule has 54 heavy (non-hydrogen) atoms. The smallest absolute Gasteiger partial charge is 0.293 e. The molecule has 1 fully saturated rings. The van der Waals surface area contributed by atoms with Crippen molar-refractivity contribution in [2.24, 2.45) is 14.1 Å². The summed E-state index contributed by atoms with van der Waals surface area (Å²) in [5.41, 5.74) is 5.54. The highest BCUT2D eigenvalue weighted by atomic mass is 35.5. The number of fused-ring (bicyclic) bond motifs is 2. The second-order valence-corrected chi connectivity index (χ2v) is 13.3. The summed E-state index contributed by atoms with van der Waals surface area (Å²) < 4.78 is 8.72. The third kappa shape index (κ3) is 7.52. The number of rotatable bonds is 12. The normalized spacial score (nSPS) is 14.2. The van der Waals surface area contributed by atoms with Crippen LogP contribution in [0.15, 0.2) is 77.7 Å². The molecule has 1 saturated heterocycles. The van der Waals surface area contributed by atoms with Crippen molar-refractivity contribution >= 4 is 74.3 Å². The first kappa shape index (κ1) is 35.9. The van der Waals surface area contributed by atoms with Crippen LogP contribution < -0.4 is 36.9 Å². The Morgan fingerprint density at radius 1 is 1.00 bits per heavy atom. The molecule has 1 unspecified atom stereocenters. The summed E-state index contributed by atoms with van der Waals surface area (Å²) in [6.07, 6.45) is 2.25. The number of ether oxygens (including phenoxy) is 1. The molecular formula is C38H37ClN10O5. The van der Waals surface area contributed by atoms with Crippen molar-refractivity contribution in [3.8, 4) is 5.75 Å². The number of halogens is 1. The maximum absolute atomic E-state index is 12.7. The molecule has 276 valence electrons. The number of aryl methyl sites for hydroxylation is 2. The largest absolute Gasteiger partial charge is 0.478 e. The van der Waals surface area contributed by atoms with E-state index in [9.17, 15) is 19.2 Å². The zero-order chi connectivity index (χ0) is 37.9. The molecule has 1 atom stereocenters. The average Bonchev–Trinajstić information content (AvgIpc) is 3.51. The van der Waals surface area contributed by atoms with Gasteiger partial charge >= 0.3 is 0 Å². The number of para-hydroxylation sites is 1. The van der Waals surface area contributed by atoms with Crippen LogP contribution >= 0.6 is 11.6 Å².